The number of rotatable bonds is 2. The van der Waals surface area contributed by atoms with Crippen LogP contribution in [0.1, 0.15) is 19.8 Å². The van der Waals surface area contributed by atoms with Crippen LogP contribution in [0.4, 0.5) is 4.79 Å². The Hall–Kier alpha value is -0.770. The van der Waals surface area contributed by atoms with Gasteiger partial charge in [0.25, 0.3) is 0 Å². The van der Waals surface area contributed by atoms with Crippen LogP contribution in [0.5, 0.6) is 0 Å². The lowest BCUT2D eigenvalue weighted by Gasteiger charge is -2.18. The van der Waals surface area contributed by atoms with Crippen LogP contribution < -0.4 is 5.32 Å². The van der Waals surface area contributed by atoms with E-state index in [0.717, 1.165) is 25.9 Å². The molecule has 0 spiro atoms. The van der Waals surface area contributed by atoms with E-state index in [9.17, 15) is 4.79 Å². The quantitative estimate of drug-likeness (QED) is 0.624. The van der Waals surface area contributed by atoms with Gasteiger partial charge in [0.2, 0.25) is 0 Å². The first-order chi connectivity index (χ1) is 5.74. The van der Waals surface area contributed by atoms with Crippen molar-refractivity contribution in [3.05, 3.63) is 0 Å². The number of aliphatic hydroxyl groups is 1. The van der Waals surface area contributed by atoms with E-state index >= 15 is 0 Å². The van der Waals surface area contributed by atoms with E-state index in [1.807, 2.05) is 0 Å². The molecule has 1 saturated heterocycles. The van der Waals surface area contributed by atoms with Crippen LogP contribution in [0.15, 0.2) is 0 Å². The summed E-state index contributed by atoms with van der Waals surface area (Å²) in [5, 5.41) is 11.4. The molecule has 1 unspecified atom stereocenters. The maximum absolute atomic E-state index is 11.3. The normalized spacial score (nSPS) is 19.3. The van der Waals surface area contributed by atoms with Gasteiger partial charge in [-0.25, -0.2) is 4.79 Å². The molecule has 2 amide bonds. The molecular formula is C8H16N2O2. The second kappa shape index (κ2) is 4.30. The molecular weight excluding hydrogens is 156 g/mol. The number of aliphatic hydroxyl groups excluding tert-OH is 1. The molecule has 0 saturated carbocycles. The van der Waals surface area contributed by atoms with Crippen molar-refractivity contribution in [3.63, 3.8) is 0 Å². The van der Waals surface area contributed by atoms with E-state index in [1.165, 1.54) is 0 Å². The van der Waals surface area contributed by atoms with Crippen molar-refractivity contribution in [2.75, 3.05) is 19.7 Å². The maximum atomic E-state index is 11.3. The monoisotopic (exact) mass is 172 g/mol. The van der Waals surface area contributed by atoms with Gasteiger partial charge in [0.15, 0.2) is 0 Å². The first kappa shape index (κ1) is 9.32. The molecule has 1 aliphatic heterocycles. The SMILES string of the molecule is CC(CO)NC(=O)N1CCCC1. The molecule has 1 rings (SSSR count). The predicted molar refractivity (Wildman–Crippen MR) is 45.9 cm³/mol. The zero-order valence-corrected chi connectivity index (χ0v) is 7.42. The lowest BCUT2D eigenvalue weighted by atomic mass is 10.4. The van der Waals surface area contributed by atoms with E-state index in [1.54, 1.807) is 11.8 Å². The van der Waals surface area contributed by atoms with Crippen molar-refractivity contribution in [2.45, 2.75) is 25.8 Å². The van der Waals surface area contributed by atoms with Gasteiger partial charge in [0, 0.05) is 13.1 Å². The summed E-state index contributed by atoms with van der Waals surface area (Å²) < 4.78 is 0. The maximum Gasteiger partial charge on any atom is 0.317 e. The Morgan fingerprint density at radius 3 is 2.67 bits per heavy atom. The number of likely N-dealkylation sites (tertiary alicyclic amines) is 1. The van der Waals surface area contributed by atoms with Crippen LogP contribution in [-0.4, -0.2) is 41.8 Å². The molecule has 1 aliphatic rings. The third-order valence-corrected chi connectivity index (χ3v) is 2.04. The van der Waals surface area contributed by atoms with Gasteiger partial charge in [0.05, 0.1) is 12.6 Å². The number of urea groups is 1. The van der Waals surface area contributed by atoms with Crippen LogP contribution >= 0.6 is 0 Å². The summed E-state index contributed by atoms with van der Waals surface area (Å²) in [6.07, 6.45) is 2.20. The first-order valence-electron chi connectivity index (χ1n) is 4.40. The third-order valence-electron chi connectivity index (χ3n) is 2.04. The van der Waals surface area contributed by atoms with Crippen molar-refractivity contribution in [2.24, 2.45) is 0 Å². The van der Waals surface area contributed by atoms with Crippen LogP contribution in [0.3, 0.4) is 0 Å². The minimum atomic E-state index is -0.141. The van der Waals surface area contributed by atoms with Crippen LogP contribution in [0.25, 0.3) is 0 Å². The van der Waals surface area contributed by atoms with Crippen molar-refractivity contribution < 1.29 is 9.90 Å². The molecule has 1 atom stereocenters. The molecule has 0 aromatic rings. The zero-order chi connectivity index (χ0) is 8.97. The Morgan fingerprint density at radius 2 is 2.17 bits per heavy atom. The standard InChI is InChI=1S/C8H16N2O2/c1-7(6-11)9-8(12)10-4-2-3-5-10/h7,11H,2-6H2,1H3,(H,9,12). The fraction of sp³-hybridized carbons (Fsp3) is 0.875. The number of carbonyl (C=O) groups excluding carboxylic acids is 1. The number of nitrogens with one attached hydrogen (secondary N) is 1. The van der Waals surface area contributed by atoms with Gasteiger partial charge in [0.1, 0.15) is 0 Å². The Bertz CT molecular complexity index is 155. The highest BCUT2D eigenvalue weighted by Crippen LogP contribution is 2.06. The van der Waals surface area contributed by atoms with Gasteiger partial charge in [-0.15, -0.1) is 0 Å². The van der Waals surface area contributed by atoms with Gasteiger partial charge in [-0.05, 0) is 19.8 Å². The number of hydrogen-bond acceptors (Lipinski definition) is 2. The molecule has 2 N–H and O–H groups in total. The number of hydrogen-bond donors (Lipinski definition) is 2. The molecule has 1 fully saturated rings. The summed E-state index contributed by atoms with van der Waals surface area (Å²) in [7, 11) is 0. The summed E-state index contributed by atoms with van der Waals surface area (Å²) in [4.78, 5) is 13.1. The first-order valence-corrected chi connectivity index (χ1v) is 4.40. The predicted octanol–water partition coefficient (Wildman–Crippen LogP) is 0.173. The van der Waals surface area contributed by atoms with E-state index < -0.39 is 0 Å². The summed E-state index contributed by atoms with van der Waals surface area (Å²) >= 11 is 0. The number of nitrogens with zero attached hydrogens (tertiary/aromatic N) is 1. The molecule has 12 heavy (non-hydrogen) atoms. The minimum Gasteiger partial charge on any atom is -0.394 e. The summed E-state index contributed by atoms with van der Waals surface area (Å²) in [6, 6.07) is -0.188. The largest absolute Gasteiger partial charge is 0.394 e. The molecule has 0 aromatic heterocycles. The smallest absolute Gasteiger partial charge is 0.317 e. The van der Waals surface area contributed by atoms with Gasteiger partial charge < -0.3 is 15.3 Å². The average molecular weight is 172 g/mol. The van der Waals surface area contributed by atoms with Crippen molar-refractivity contribution in [1.82, 2.24) is 10.2 Å². The molecule has 1 heterocycles. The zero-order valence-electron chi connectivity index (χ0n) is 7.42. The highest BCUT2D eigenvalue weighted by atomic mass is 16.3. The minimum absolute atomic E-state index is 0.000417. The van der Waals surface area contributed by atoms with Crippen LogP contribution in [0, 0.1) is 0 Å². The summed E-state index contributed by atoms with van der Waals surface area (Å²) in [5.41, 5.74) is 0. The molecule has 0 radical (unpaired) electrons. The van der Waals surface area contributed by atoms with Crippen molar-refractivity contribution in [1.29, 1.82) is 0 Å². The van der Waals surface area contributed by atoms with E-state index in [4.69, 9.17) is 5.11 Å². The Balaban J connectivity index is 2.27. The van der Waals surface area contributed by atoms with Crippen molar-refractivity contribution >= 4 is 6.03 Å². The van der Waals surface area contributed by atoms with Gasteiger partial charge in [-0.1, -0.05) is 0 Å². The van der Waals surface area contributed by atoms with E-state index in [2.05, 4.69) is 5.32 Å². The second-order valence-corrected chi connectivity index (χ2v) is 3.23. The van der Waals surface area contributed by atoms with E-state index in [0.29, 0.717) is 0 Å². The highest BCUT2D eigenvalue weighted by Gasteiger charge is 2.18. The lowest BCUT2D eigenvalue weighted by Crippen LogP contribution is -2.43. The topological polar surface area (TPSA) is 52.6 Å². The third kappa shape index (κ3) is 2.37. The molecule has 4 nitrogen and oxygen atoms in total. The molecule has 0 aromatic carbocycles. The van der Waals surface area contributed by atoms with Crippen LogP contribution in [0.2, 0.25) is 0 Å². The lowest BCUT2D eigenvalue weighted by molar-refractivity contribution is 0.193. The Kier molecular flexibility index (Phi) is 3.34. The van der Waals surface area contributed by atoms with Gasteiger partial charge >= 0.3 is 6.03 Å². The average Bonchev–Trinajstić information content (AvgIpc) is 2.56. The molecule has 4 heteroatoms. The summed E-state index contributed by atoms with van der Waals surface area (Å²) in [5.74, 6) is 0. The number of carbonyl (C=O) groups is 1. The highest BCUT2D eigenvalue weighted by molar-refractivity contribution is 5.74. The fourth-order valence-electron chi connectivity index (χ4n) is 1.27. The molecule has 0 aliphatic carbocycles. The van der Waals surface area contributed by atoms with Crippen LogP contribution in [-0.2, 0) is 0 Å². The van der Waals surface area contributed by atoms with Crippen molar-refractivity contribution in [3.8, 4) is 0 Å². The fourth-order valence-corrected chi connectivity index (χ4v) is 1.27. The number of amides is 2. The Morgan fingerprint density at radius 1 is 1.58 bits per heavy atom. The Labute approximate surface area is 72.6 Å². The summed E-state index contributed by atoms with van der Waals surface area (Å²) in [6.45, 7) is 3.49. The van der Waals surface area contributed by atoms with Gasteiger partial charge in [-0.3, -0.25) is 0 Å². The van der Waals surface area contributed by atoms with E-state index in [-0.39, 0.29) is 18.7 Å². The molecule has 0 bridgehead atoms. The second-order valence-electron chi connectivity index (χ2n) is 3.23. The van der Waals surface area contributed by atoms with Gasteiger partial charge in [-0.2, -0.15) is 0 Å². The molecule has 70 valence electrons.